The number of carbonyl (C=O) groups excluding carboxylic acids is 2. The third-order valence-electron chi connectivity index (χ3n) is 6.43. The highest BCUT2D eigenvalue weighted by Crippen LogP contribution is 2.34. The minimum absolute atomic E-state index is 0.0883. The average Bonchev–Trinajstić information content (AvgIpc) is 2.95. The molecule has 196 valence electrons. The molecule has 0 aliphatic carbocycles. The third-order valence-corrected chi connectivity index (χ3v) is 6.43. The minimum atomic E-state index is -1.09. The van der Waals surface area contributed by atoms with E-state index in [1.165, 1.54) is 13.0 Å². The van der Waals surface area contributed by atoms with Crippen LogP contribution >= 0.6 is 0 Å². The second kappa shape index (κ2) is 11.7. The molecule has 6 atom stereocenters. The highest BCUT2D eigenvalue weighted by Gasteiger charge is 2.50. The normalized spacial score (nSPS) is 26.9. The number of benzene rings is 3. The summed E-state index contributed by atoms with van der Waals surface area (Å²) in [6, 6.07) is 24.7. The Balaban J connectivity index is 1.26. The summed E-state index contributed by atoms with van der Waals surface area (Å²) in [6.45, 7) is 1.55. The highest BCUT2D eigenvalue weighted by molar-refractivity contribution is 6.06. The molecule has 2 heterocycles. The van der Waals surface area contributed by atoms with Gasteiger partial charge in [0.15, 0.2) is 12.1 Å². The van der Waals surface area contributed by atoms with Crippen LogP contribution in [0.5, 0.6) is 5.75 Å². The number of hydrogen-bond donors (Lipinski definition) is 2. The molecular weight excluding hydrogens is 486 g/mol. The molecule has 2 fully saturated rings. The lowest BCUT2D eigenvalue weighted by Crippen LogP contribution is -2.67. The number of rotatable bonds is 7. The van der Waals surface area contributed by atoms with Crippen LogP contribution in [0.1, 0.15) is 34.7 Å². The van der Waals surface area contributed by atoms with E-state index in [9.17, 15) is 14.7 Å². The van der Waals surface area contributed by atoms with Gasteiger partial charge in [-0.2, -0.15) is 0 Å². The second-order valence-electron chi connectivity index (χ2n) is 9.19. The molecule has 5 rings (SSSR count). The van der Waals surface area contributed by atoms with Gasteiger partial charge in [-0.3, -0.25) is 9.59 Å². The number of fused-ring (bicyclic) bond motifs is 1. The van der Waals surface area contributed by atoms with Crippen LogP contribution in [0.25, 0.3) is 6.08 Å². The van der Waals surface area contributed by atoms with E-state index in [-0.39, 0.29) is 18.3 Å². The van der Waals surface area contributed by atoms with Crippen molar-refractivity contribution < 1.29 is 33.6 Å². The molecule has 0 unspecified atom stereocenters. The number of ketones is 1. The summed E-state index contributed by atoms with van der Waals surface area (Å²) in [4.78, 5) is 24.3. The Hall–Kier alpha value is -3.82. The van der Waals surface area contributed by atoms with Gasteiger partial charge in [-0.25, -0.2) is 0 Å². The van der Waals surface area contributed by atoms with E-state index in [4.69, 9.17) is 18.9 Å². The van der Waals surface area contributed by atoms with Crippen molar-refractivity contribution in [1.82, 2.24) is 5.32 Å². The molecule has 0 aromatic heterocycles. The Morgan fingerprint density at radius 1 is 0.947 bits per heavy atom. The number of amides is 1. The van der Waals surface area contributed by atoms with Crippen molar-refractivity contribution >= 4 is 17.8 Å². The standard InChI is InChI=1S/C30H29NO7/c1-19(32)31-26-27(34)28-25(18-35-29(38-28)22-10-6-3-7-11-22)37-30(26)36-23-15-12-20(13-16-23)14-17-24(33)21-8-4-2-5-9-21/h2-17,25-30,34H,18H2,1H3,(H,31,32)/b17-14+/t25-,26+,27-,28-,29+,30-/m1/s1. The molecule has 0 spiro atoms. The molecule has 2 aliphatic rings. The van der Waals surface area contributed by atoms with Gasteiger partial charge in [0.1, 0.15) is 30.1 Å². The van der Waals surface area contributed by atoms with Gasteiger partial charge in [-0.1, -0.05) is 78.9 Å². The maximum absolute atomic E-state index is 12.3. The first-order chi connectivity index (χ1) is 18.5. The zero-order valence-electron chi connectivity index (χ0n) is 20.8. The highest BCUT2D eigenvalue weighted by atomic mass is 16.7. The summed E-state index contributed by atoms with van der Waals surface area (Å²) < 4.78 is 24.1. The summed E-state index contributed by atoms with van der Waals surface area (Å²) in [6.07, 6.45) is -0.789. The zero-order chi connectivity index (χ0) is 26.5. The van der Waals surface area contributed by atoms with Gasteiger partial charge in [0.2, 0.25) is 12.2 Å². The number of allylic oxidation sites excluding steroid dienone is 1. The summed E-state index contributed by atoms with van der Waals surface area (Å²) in [5.74, 6) is 0.0527. The lowest BCUT2D eigenvalue weighted by Gasteiger charge is -2.47. The van der Waals surface area contributed by atoms with Gasteiger partial charge < -0.3 is 29.4 Å². The molecule has 0 bridgehead atoms. The van der Waals surface area contributed by atoms with E-state index in [0.717, 1.165) is 11.1 Å². The van der Waals surface area contributed by atoms with Crippen molar-refractivity contribution in [2.75, 3.05) is 6.61 Å². The van der Waals surface area contributed by atoms with E-state index < -0.39 is 36.9 Å². The van der Waals surface area contributed by atoms with Gasteiger partial charge in [0.25, 0.3) is 0 Å². The maximum Gasteiger partial charge on any atom is 0.223 e. The molecule has 2 saturated heterocycles. The molecule has 8 nitrogen and oxygen atoms in total. The first-order valence-electron chi connectivity index (χ1n) is 12.4. The van der Waals surface area contributed by atoms with Gasteiger partial charge in [-0.05, 0) is 23.8 Å². The summed E-state index contributed by atoms with van der Waals surface area (Å²) in [5, 5.41) is 13.9. The summed E-state index contributed by atoms with van der Waals surface area (Å²) >= 11 is 0. The first kappa shape index (κ1) is 25.8. The van der Waals surface area contributed by atoms with E-state index in [1.807, 2.05) is 48.5 Å². The van der Waals surface area contributed by atoms with Crippen molar-refractivity contribution in [2.45, 2.75) is 43.9 Å². The number of aliphatic hydroxyl groups is 1. The predicted molar refractivity (Wildman–Crippen MR) is 139 cm³/mol. The predicted octanol–water partition coefficient (Wildman–Crippen LogP) is 3.67. The number of aliphatic hydroxyl groups excluding tert-OH is 1. The van der Waals surface area contributed by atoms with Crippen LogP contribution in [0.2, 0.25) is 0 Å². The molecule has 2 aliphatic heterocycles. The number of hydrogen-bond acceptors (Lipinski definition) is 7. The monoisotopic (exact) mass is 515 g/mol. The molecule has 2 N–H and O–H groups in total. The van der Waals surface area contributed by atoms with Crippen LogP contribution in [0.4, 0.5) is 0 Å². The number of ether oxygens (including phenoxy) is 4. The fourth-order valence-corrected chi connectivity index (χ4v) is 4.52. The second-order valence-corrected chi connectivity index (χ2v) is 9.19. The van der Waals surface area contributed by atoms with Crippen LogP contribution in [-0.4, -0.2) is 54.0 Å². The van der Waals surface area contributed by atoms with Crippen LogP contribution in [0.3, 0.4) is 0 Å². The third kappa shape index (κ3) is 6.00. The smallest absolute Gasteiger partial charge is 0.223 e. The van der Waals surface area contributed by atoms with Crippen molar-refractivity contribution in [1.29, 1.82) is 0 Å². The van der Waals surface area contributed by atoms with Crippen molar-refractivity contribution in [2.24, 2.45) is 0 Å². The largest absolute Gasteiger partial charge is 0.463 e. The Morgan fingerprint density at radius 3 is 2.32 bits per heavy atom. The van der Waals surface area contributed by atoms with E-state index in [0.29, 0.717) is 11.3 Å². The van der Waals surface area contributed by atoms with Crippen LogP contribution in [-0.2, 0) is 19.0 Å². The Labute approximate surface area is 220 Å². The molecule has 0 radical (unpaired) electrons. The van der Waals surface area contributed by atoms with E-state index in [2.05, 4.69) is 5.32 Å². The molecule has 3 aromatic rings. The lowest BCUT2D eigenvalue weighted by molar-refractivity contribution is -0.333. The van der Waals surface area contributed by atoms with Crippen molar-refractivity contribution in [3.05, 3.63) is 108 Å². The van der Waals surface area contributed by atoms with Gasteiger partial charge in [0, 0.05) is 18.1 Å². The molecule has 1 amide bonds. The Bertz CT molecular complexity index is 1260. The summed E-state index contributed by atoms with van der Waals surface area (Å²) in [7, 11) is 0. The van der Waals surface area contributed by atoms with Gasteiger partial charge >= 0.3 is 0 Å². The molecular formula is C30H29NO7. The minimum Gasteiger partial charge on any atom is -0.463 e. The SMILES string of the molecule is CC(=O)N[C@@H]1[C@H](Oc2ccc(/C=C/C(=O)c3ccccc3)cc2)O[C@@H]2CO[C@H](c3ccccc3)O[C@H]2[C@@H]1O. The van der Waals surface area contributed by atoms with Gasteiger partial charge in [0.05, 0.1) is 6.61 Å². The average molecular weight is 516 g/mol. The maximum atomic E-state index is 12.3. The fourth-order valence-electron chi connectivity index (χ4n) is 4.52. The molecule has 8 heteroatoms. The fraction of sp³-hybridized carbons (Fsp3) is 0.267. The number of nitrogens with one attached hydrogen (secondary N) is 1. The zero-order valence-corrected chi connectivity index (χ0v) is 20.8. The molecule has 38 heavy (non-hydrogen) atoms. The quantitative estimate of drug-likeness (QED) is 0.366. The van der Waals surface area contributed by atoms with E-state index in [1.54, 1.807) is 42.5 Å². The molecule has 0 saturated carbocycles. The number of carbonyl (C=O) groups is 2. The van der Waals surface area contributed by atoms with Crippen LogP contribution < -0.4 is 10.1 Å². The topological polar surface area (TPSA) is 103 Å². The Morgan fingerprint density at radius 2 is 1.63 bits per heavy atom. The van der Waals surface area contributed by atoms with Crippen LogP contribution in [0.15, 0.2) is 91.0 Å². The van der Waals surface area contributed by atoms with Crippen molar-refractivity contribution in [3.63, 3.8) is 0 Å². The van der Waals surface area contributed by atoms with E-state index >= 15 is 0 Å². The van der Waals surface area contributed by atoms with Crippen LogP contribution in [0, 0.1) is 0 Å². The van der Waals surface area contributed by atoms with Crippen molar-refractivity contribution in [3.8, 4) is 5.75 Å². The lowest BCUT2D eigenvalue weighted by atomic mass is 9.95. The van der Waals surface area contributed by atoms with Gasteiger partial charge in [-0.15, -0.1) is 0 Å². The first-order valence-corrected chi connectivity index (χ1v) is 12.4. The Kier molecular flexibility index (Phi) is 7.95. The molecule has 3 aromatic carbocycles. The summed E-state index contributed by atoms with van der Waals surface area (Å²) in [5.41, 5.74) is 2.25.